The Bertz CT molecular complexity index is 742. The zero-order valence-corrected chi connectivity index (χ0v) is 14.7. The van der Waals surface area contributed by atoms with Gasteiger partial charge < -0.3 is 15.0 Å². The zero-order chi connectivity index (χ0) is 17.8. The molecule has 2 aromatic heterocycles. The Morgan fingerprint density at radius 2 is 2.23 bits per heavy atom. The zero-order valence-electron chi connectivity index (χ0n) is 14.7. The van der Waals surface area contributed by atoms with Crippen molar-refractivity contribution in [2.75, 3.05) is 25.0 Å². The predicted octanol–water partition coefficient (Wildman–Crippen LogP) is 2.14. The van der Waals surface area contributed by atoms with E-state index in [1.54, 1.807) is 18.5 Å². The van der Waals surface area contributed by atoms with E-state index in [0.29, 0.717) is 12.1 Å². The third-order valence-corrected chi connectivity index (χ3v) is 5.19. The number of ether oxygens (including phenoxy) is 1. The molecule has 0 aromatic carbocycles. The van der Waals surface area contributed by atoms with Gasteiger partial charge in [-0.2, -0.15) is 10.2 Å². The van der Waals surface area contributed by atoms with Crippen LogP contribution in [0.15, 0.2) is 42.9 Å². The molecule has 1 N–H and O–H groups in total. The summed E-state index contributed by atoms with van der Waals surface area (Å²) in [4.78, 5) is 18.8. The Morgan fingerprint density at radius 1 is 1.27 bits per heavy atom. The van der Waals surface area contributed by atoms with Crippen molar-refractivity contribution < 1.29 is 9.53 Å². The number of carbonyl (C=O) groups is 1. The normalized spacial score (nSPS) is 25.4. The maximum Gasteiger partial charge on any atom is 0.255 e. The molecular weight excluding hydrogens is 330 g/mol. The molecule has 1 amide bonds. The number of carbonyl (C=O) groups excluding carboxylic acids is 1. The highest BCUT2D eigenvalue weighted by Gasteiger charge is 2.44. The number of rotatable bonds is 4. The summed E-state index contributed by atoms with van der Waals surface area (Å²) in [5, 5.41) is 10.9. The number of likely N-dealkylation sites (tertiary alicyclic amines) is 1. The summed E-state index contributed by atoms with van der Waals surface area (Å²) in [6, 6.07) is 7.53. The van der Waals surface area contributed by atoms with Gasteiger partial charge >= 0.3 is 0 Å². The molecule has 0 bridgehead atoms. The molecule has 0 aliphatic carbocycles. The number of hydrogen-bond donors (Lipinski definition) is 1. The molecule has 7 heteroatoms. The van der Waals surface area contributed by atoms with Crippen LogP contribution < -0.4 is 5.32 Å². The molecule has 0 saturated carbocycles. The van der Waals surface area contributed by atoms with Gasteiger partial charge in [-0.25, -0.2) is 4.98 Å². The summed E-state index contributed by atoms with van der Waals surface area (Å²) in [6.07, 6.45) is 9.04. The second-order valence-electron chi connectivity index (χ2n) is 7.02. The van der Waals surface area contributed by atoms with Crippen LogP contribution in [0.4, 0.5) is 5.82 Å². The van der Waals surface area contributed by atoms with E-state index in [4.69, 9.17) is 4.74 Å². The van der Waals surface area contributed by atoms with Crippen molar-refractivity contribution in [2.45, 2.75) is 37.4 Å². The van der Waals surface area contributed by atoms with E-state index in [0.717, 1.165) is 44.6 Å². The van der Waals surface area contributed by atoms with Crippen molar-refractivity contribution in [1.29, 1.82) is 0 Å². The molecule has 2 aromatic rings. The van der Waals surface area contributed by atoms with Crippen molar-refractivity contribution in [3.05, 3.63) is 48.4 Å². The van der Waals surface area contributed by atoms with Crippen LogP contribution in [0.5, 0.6) is 0 Å². The van der Waals surface area contributed by atoms with Gasteiger partial charge in [0.1, 0.15) is 5.82 Å². The molecule has 2 aliphatic rings. The fourth-order valence-corrected chi connectivity index (χ4v) is 3.87. The Labute approximate surface area is 152 Å². The van der Waals surface area contributed by atoms with Gasteiger partial charge in [-0.3, -0.25) is 4.79 Å². The van der Waals surface area contributed by atoms with Gasteiger partial charge in [0.15, 0.2) is 0 Å². The number of aromatic nitrogens is 3. The van der Waals surface area contributed by atoms with E-state index in [1.165, 1.54) is 6.20 Å². The van der Waals surface area contributed by atoms with Crippen molar-refractivity contribution in [3.8, 4) is 0 Å². The van der Waals surface area contributed by atoms with E-state index in [2.05, 4.69) is 20.5 Å². The minimum atomic E-state index is -0.217. The van der Waals surface area contributed by atoms with Crippen LogP contribution in [-0.2, 0) is 4.74 Å². The smallest absolute Gasteiger partial charge is 0.255 e. The average molecular weight is 353 g/mol. The largest absolute Gasteiger partial charge is 0.368 e. The number of pyridine rings is 1. The lowest BCUT2D eigenvalue weighted by atomic mass is 9.90. The first-order valence-electron chi connectivity index (χ1n) is 9.13. The van der Waals surface area contributed by atoms with Gasteiger partial charge in [-0.05, 0) is 43.9 Å². The van der Waals surface area contributed by atoms with E-state index in [-0.39, 0.29) is 17.6 Å². The van der Waals surface area contributed by atoms with Crippen LogP contribution in [-0.4, -0.2) is 57.3 Å². The Kier molecular flexibility index (Phi) is 4.79. The van der Waals surface area contributed by atoms with Gasteiger partial charge in [0, 0.05) is 19.3 Å². The molecule has 7 nitrogen and oxygen atoms in total. The van der Waals surface area contributed by atoms with E-state index < -0.39 is 0 Å². The van der Waals surface area contributed by atoms with Gasteiger partial charge in [0.25, 0.3) is 5.91 Å². The molecular formula is C19H23N5O2. The van der Waals surface area contributed by atoms with E-state index >= 15 is 0 Å². The molecule has 2 saturated heterocycles. The Balaban J connectivity index is 1.36. The van der Waals surface area contributed by atoms with Gasteiger partial charge in [0.2, 0.25) is 0 Å². The van der Waals surface area contributed by atoms with Crippen molar-refractivity contribution in [2.24, 2.45) is 0 Å². The standard InChI is InChI=1S/C19H23N5O2/c25-18(15-6-10-22-23-12-15)24-11-8-19(14-24)7-3-4-16(26-19)13-21-17-5-1-2-9-20-17/h1-2,5-6,9-10,12,16H,3-4,7-8,11,13-14H2,(H,20,21)/t16-,19+/m0/s1. The molecule has 4 rings (SSSR count). The molecule has 0 radical (unpaired) electrons. The van der Waals surface area contributed by atoms with E-state index in [1.807, 2.05) is 23.1 Å². The van der Waals surface area contributed by atoms with Gasteiger partial charge in [0.05, 0.1) is 36.2 Å². The number of hydrogen-bond acceptors (Lipinski definition) is 6. The number of amides is 1. The van der Waals surface area contributed by atoms with E-state index in [9.17, 15) is 4.79 Å². The summed E-state index contributed by atoms with van der Waals surface area (Å²) >= 11 is 0. The van der Waals surface area contributed by atoms with Gasteiger partial charge in [-0.15, -0.1) is 0 Å². The van der Waals surface area contributed by atoms with Crippen LogP contribution in [0.2, 0.25) is 0 Å². The molecule has 0 unspecified atom stereocenters. The summed E-state index contributed by atoms with van der Waals surface area (Å²) < 4.78 is 6.46. The maximum absolute atomic E-state index is 12.6. The molecule has 2 aliphatic heterocycles. The summed E-state index contributed by atoms with van der Waals surface area (Å²) in [5.41, 5.74) is 0.367. The molecule has 136 valence electrons. The lowest BCUT2D eigenvalue weighted by Gasteiger charge is -2.38. The van der Waals surface area contributed by atoms with Crippen LogP contribution in [0.1, 0.15) is 36.0 Å². The fraction of sp³-hybridized carbons (Fsp3) is 0.474. The molecule has 2 atom stereocenters. The number of nitrogens with one attached hydrogen (secondary N) is 1. The van der Waals surface area contributed by atoms with Crippen LogP contribution >= 0.6 is 0 Å². The third kappa shape index (κ3) is 3.67. The first-order valence-corrected chi connectivity index (χ1v) is 9.13. The van der Waals surface area contributed by atoms with Crippen molar-refractivity contribution >= 4 is 11.7 Å². The minimum Gasteiger partial charge on any atom is -0.368 e. The third-order valence-electron chi connectivity index (χ3n) is 5.19. The van der Waals surface area contributed by atoms with Crippen molar-refractivity contribution in [1.82, 2.24) is 20.1 Å². The molecule has 2 fully saturated rings. The first-order chi connectivity index (χ1) is 12.7. The highest BCUT2D eigenvalue weighted by Crippen LogP contribution is 2.37. The van der Waals surface area contributed by atoms with Crippen LogP contribution in [0.25, 0.3) is 0 Å². The number of nitrogens with zero attached hydrogens (tertiary/aromatic N) is 4. The highest BCUT2D eigenvalue weighted by molar-refractivity contribution is 5.94. The molecule has 26 heavy (non-hydrogen) atoms. The Morgan fingerprint density at radius 3 is 3.04 bits per heavy atom. The van der Waals surface area contributed by atoms with Crippen molar-refractivity contribution in [3.63, 3.8) is 0 Å². The first kappa shape index (κ1) is 16.9. The highest BCUT2D eigenvalue weighted by atomic mass is 16.5. The Hall–Kier alpha value is -2.54. The average Bonchev–Trinajstić information content (AvgIpc) is 3.10. The lowest BCUT2D eigenvalue weighted by Crippen LogP contribution is -2.45. The SMILES string of the molecule is O=C(c1ccnnc1)N1CC[C@]2(CCC[C@@H](CNc3ccccn3)O2)C1. The predicted molar refractivity (Wildman–Crippen MR) is 96.7 cm³/mol. The lowest BCUT2D eigenvalue weighted by molar-refractivity contribution is -0.114. The summed E-state index contributed by atoms with van der Waals surface area (Å²) in [6.45, 7) is 2.11. The quantitative estimate of drug-likeness (QED) is 0.907. The second kappa shape index (κ2) is 7.37. The molecule has 4 heterocycles. The van der Waals surface area contributed by atoms with Crippen LogP contribution in [0, 0.1) is 0 Å². The minimum absolute atomic E-state index is 0.00843. The topological polar surface area (TPSA) is 80.2 Å². The second-order valence-corrected chi connectivity index (χ2v) is 7.02. The fourth-order valence-electron chi connectivity index (χ4n) is 3.87. The monoisotopic (exact) mass is 353 g/mol. The van der Waals surface area contributed by atoms with Crippen LogP contribution in [0.3, 0.4) is 0 Å². The maximum atomic E-state index is 12.6. The summed E-state index contributed by atoms with van der Waals surface area (Å²) in [5.74, 6) is 0.873. The number of anilines is 1. The summed E-state index contributed by atoms with van der Waals surface area (Å²) in [7, 11) is 0. The molecule has 1 spiro atoms. The van der Waals surface area contributed by atoms with Gasteiger partial charge in [-0.1, -0.05) is 6.07 Å².